The number of hydrogen-bond acceptors (Lipinski definition) is 3. The second-order valence-electron chi connectivity index (χ2n) is 2.50. The molecule has 2 aromatic rings. The lowest BCUT2D eigenvalue weighted by Crippen LogP contribution is -1.98. The van der Waals surface area contributed by atoms with E-state index in [1.165, 1.54) is 6.33 Å². The van der Waals surface area contributed by atoms with Crippen LogP contribution >= 0.6 is 11.6 Å². The fraction of sp³-hybridized carbons (Fsp3) is 0.125. The highest BCUT2D eigenvalue weighted by atomic mass is 35.5. The highest BCUT2D eigenvalue weighted by Gasteiger charge is 1.98. The molecule has 0 aliphatic carbocycles. The van der Waals surface area contributed by atoms with Crippen molar-refractivity contribution in [1.82, 2.24) is 19.7 Å². The summed E-state index contributed by atoms with van der Waals surface area (Å²) in [7, 11) is 0. The number of nitrogens with zero attached hydrogens (tertiary/aromatic N) is 4. The zero-order valence-electron chi connectivity index (χ0n) is 6.76. The van der Waals surface area contributed by atoms with Gasteiger partial charge in [-0.3, -0.25) is 0 Å². The lowest BCUT2D eigenvalue weighted by Gasteiger charge is -2.00. The molecule has 0 saturated carbocycles. The van der Waals surface area contributed by atoms with Gasteiger partial charge in [0, 0.05) is 12.1 Å². The van der Waals surface area contributed by atoms with Crippen molar-refractivity contribution in [2.24, 2.45) is 0 Å². The zero-order chi connectivity index (χ0) is 9.10. The minimum absolute atomic E-state index is 0.476. The van der Waals surface area contributed by atoms with Gasteiger partial charge in [-0.05, 0) is 17.7 Å². The summed E-state index contributed by atoms with van der Waals surface area (Å²) in [5.41, 5.74) is 1.02. The van der Waals surface area contributed by atoms with Crippen molar-refractivity contribution in [2.45, 2.75) is 5.88 Å². The van der Waals surface area contributed by atoms with Crippen LogP contribution in [-0.4, -0.2) is 19.7 Å². The number of hydrogen-bond donors (Lipinski definition) is 0. The Morgan fingerprint density at radius 1 is 1.46 bits per heavy atom. The number of pyridine rings is 1. The SMILES string of the molecule is ClCc1ccnc(-n2cncn2)c1. The maximum Gasteiger partial charge on any atom is 0.155 e. The lowest BCUT2D eigenvalue weighted by molar-refractivity contribution is 0.843. The smallest absolute Gasteiger partial charge is 0.155 e. The summed E-state index contributed by atoms with van der Waals surface area (Å²) in [6.45, 7) is 0. The molecule has 0 aliphatic rings. The monoisotopic (exact) mass is 194 g/mol. The molecular weight excluding hydrogens is 188 g/mol. The molecule has 2 heterocycles. The molecule has 66 valence electrons. The molecule has 2 rings (SSSR count). The van der Waals surface area contributed by atoms with Crippen molar-refractivity contribution in [3.63, 3.8) is 0 Å². The van der Waals surface area contributed by atoms with E-state index in [9.17, 15) is 0 Å². The highest BCUT2D eigenvalue weighted by molar-refractivity contribution is 6.17. The number of alkyl halides is 1. The van der Waals surface area contributed by atoms with E-state index >= 15 is 0 Å². The molecule has 0 amide bonds. The van der Waals surface area contributed by atoms with Gasteiger partial charge >= 0.3 is 0 Å². The second kappa shape index (κ2) is 3.53. The van der Waals surface area contributed by atoms with Crippen LogP contribution in [0.1, 0.15) is 5.56 Å². The fourth-order valence-corrected chi connectivity index (χ4v) is 1.16. The largest absolute Gasteiger partial charge is 0.237 e. The van der Waals surface area contributed by atoms with Gasteiger partial charge in [-0.25, -0.2) is 14.6 Å². The van der Waals surface area contributed by atoms with Gasteiger partial charge in [0.05, 0.1) is 0 Å². The van der Waals surface area contributed by atoms with E-state index in [2.05, 4.69) is 15.1 Å². The second-order valence-corrected chi connectivity index (χ2v) is 2.76. The average Bonchev–Trinajstić information content (AvgIpc) is 2.71. The van der Waals surface area contributed by atoms with Crippen molar-refractivity contribution >= 4 is 11.6 Å². The average molecular weight is 195 g/mol. The minimum atomic E-state index is 0.476. The molecule has 0 fully saturated rings. The van der Waals surface area contributed by atoms with Crippen molar-refractivity contribution in [3.05, 3.63) is 36.5 Å². The summed E-state index contributed by atoms with van der Waals surface area (Å²) < 4.78 is 1.59. The van der Waals surface area contributed by atoms with Crippen LogP contribution in [0.4, 0.5) is 0 Å². The molecule has 2 aromatic heterocycles. The summed E-state index contributed by atoms with van der Waals surface area (Å²) in [4.78, 5) is 7.96. The molecule has 0 unspecified atom stereocenters. The van der Waals surface area contributed by atoms with Crippen LogP contribution in [0.3, 0.4) is 0 Å². The zero-order valence-corrected chi connectivity index (χ0v) is 7.52. The third-order valence-corrected chi connectivity index (χ3v) is 1.93. The van der Waals surface area contributed by atoms with Crippen LogP contribution in [-0.2, 0) is 5.88 Å². The van der Waals surface area contributed by atoms with Crippen LogP contribution in [0.15, 0.2) is 31.0 Å². The summed E-state index contributed by atoms with van der Waals surface area (Å²) in [6, 6.07) is 3.75. The molecular formula is C8H7ClN4. The van der Waals surface area contributed by atoms with E-state index in [0.29, 0.717) is 5.88 Å². The highest BCUT2D eigenvalue weighted by Crippen LogP contribution is 2.07. The Bertz CT molecular complexity index is 385. The van der Waals surface area contributed by atoms with Gasteiger partial charge in [0.15, 0.2) is 5.82 Å². The van der Waals surface area contributed by atoms with E-state index in [1.54, 1.807) is 17.2 Å². The van der Waals surface area contributed by atoms with Crippen molar-refractivity contribution in [3.8, 4) is 5.82 Å². The van der Waals surface area contributed by atoms with Gasteiger partial charge < -0.3 is 0 Å². The van der Waals surface area contributed by atoms with E-state index < -0.39 is 0 Å². The normalized spacial score (nSPS) is 10.2. The molecule has 13 heavy (non-hydrogen) atoms. The molecule has 5 heteroatoms. The van der Waals surface area contributed by atoms with Crippen molar-refractivity contribution < 1.29 is 0 Å². The van der Waals surface area contributed by atoms with Gasteiger partial charge in [0.25, 0.3) is 0 Å². The molecule has 0 saturated heterocycles. The standard InChI is InChI=1S/C8H7ClN4/c9-4-7-1-2-11-8(3-7)13-6-10-5-12-13/h1-3,5-6H,4H2. The van der Waals surface area contributed by atoms with E-state index in [1.807, 2.05) is 12.1 Å². The molecule has 0 bridgehead atoms. The topological polar surface area (TPSA) is 43.6 Å². The van der Waals surface area contributed by atoms with Crippen LogP contribution < -0.4 is 0 Å². The minimum Gasteiger partial charge on any atom is -0.237 e. The molecule has 0 atom stereocenters. The summed E-state index contributed by atoms with van der Waals surface area (Å²) in [5, 5.41) is 3.96. The Balaban J connectivity index is 2.41. The predicted molar refractivity (Wildman–Crippen MR) is 48.7 cm³/mol. The fourth-order valence-electron chi connectivity index (χ4n) is 0.996. The number of rotatable bonds is 2. The van der Waals surface area contributed by atoms with Crippen LogP contribution in [0, 0.1) is 0 Å². The molecule has 0 radical (unpaired) electrons. The van der Waals surface area contributed by atoms with Gasteiger partial charge in [0.2, 0.25) is 0 Å². The van der Waals surface area contributed by atoms with Gasteiger partial charge in [-0.15, -0.1) is 11.6 Å². The van der Waals surface area contributed by atoms with Gasteiger partial charge in [-0.1, -0.05) is 0 Å². The Hall–Kier alpha value is -1.42. The van der Waals surface area contributed by atoms with Crippen molar-refractivity contribution in [2.75, 3.05) is 0 Å². The first-order valence-electron chi connectivity index (χ1n) is 3.76. The maximum atomic E-state index is 5.69. The molecule has 4 nitrogen and oxygen atoms in total. The first-order chi connectivity index (χ1) is 6.40. The maximum absolute atomic E-state index is 5.69. The molecule has 0 spiro atoms. The lowest BCUT2D eigenvalue weighted by atomic mass is 10.3. The molecule has 0 aromatic carbocycles. The Labute approximate surface area is 80.2 Å². The van der Waals surface area contributed by atoms with Gasteiger partial charge in [0.1, 0.15) is 12.7 Å². The van der Waals surface area contributed by atoms with Crippen LogP contribution in [0.2, 0.25) is 0 Å². The summed E-state index contributed by atoms with van der Waals surface area (Å²) >= 11 is 5.69. The third-order valence-electron chi connectivity index (χ3n) is 1.62. The van der Waals surface area contributed by atoms with Crippen LogP contribution in [0.5, 0.6) is 0 Å². The number of aromatic nitrogens is 4. The van der Waals surface area contributed by atoms with E-state index in [0.717, 1.165) is 11.4 Å². The van der Waals surface area contributed by atoms with Crippen molar-refractivity contribution in [1.29, 1.82) is 0 Å². The molecule has 0 N–H and O–H groups in total. The van der Waals surface area contributed by atoms with E-state index in [-0.39, 0.29) is 0 Å². The Morgan fingerprint density at radius 2 is 2.38 bits per heavy atom. The Morgan fingerprint density at radius 3 is 3.08 bits per heavy atom. The first kappa shape index (κ1) is 8.19. The summed E-state index contributed by atoms with van der Waals surface area (Å²) in [5.74, 6) is 1.21. The first-order valence-corrected chi connectivity index (χ1v) is 4.29. The van der Waals surface area contributed by atoms with Crippen LogP contribution in [0.25, 0.3) is 5.82 Å². The Kier molecular flexibility index (Phi) is 2.23. The summed E-state index contributed by atoms with van der Waals surface area (Å²) in [6.07, 6.45) is 4.77. The van der Waals surface area contributed by atoms with Gasteiger partial charge in [-0.2, -0.15) is 5.10 Å². The van der Waals surface area contributed by atoms with E-state index in [4.69, 9.17) is 11.6 Å². The quantitative estimate of drug-likeness (QED) is 0.679. The third kappa shape index (κ3) is 1.67. The predicted octanol–water partition coefficient (Wildman–Crippen LogP) is 1.40. The molecule has 0 aliphatic heterocycles. The number of halogens is 1.